The standard InChI is InChI=1S/C22H29N3O3.2ClH/c1-25-13-11-20(12-14-25)28-19-9-5-17(6-10-19)24-22(26)21(23)15-16-3-7-18(27-2)8-4-16;;/h3-10,20-21H,11-15,23H2,1-2H3,(H,24,26);2*1H/t21-;;/m0../s1. The van der Waals surface area contributed by atoms with Crippen molar-refractivity contribution in [2.24, 2.45) is 5.73 Å². The lowest BCUT2D eigenvalue weighted by atomic mass is 10.1. The Labute approximate surface area is 190 Å². The molecule has 1 aliphatic heterocycles. The number of rotatable bonds is 7. The molecule has 1 amide bonds. The van der Waals surface area contributed by atoms with Crippen LogP contribution in [0.3, 0.4) is 0 Å². The van der Waals surface area contributed by atoms with Crippen molar-refractivity contribution in [3.63, 3.8) is 0 Å². The van der Waals surface area contributed by atoms with Gasteiger partial charge in [-0.05, 0) is 68.3 Å². The van der Waals surface area contributed by atoms with E-state index in [-0.39, 0.29) is 36.8 Å². The largest absolute Gasteiger partial charge is 0.497 e. The molecule has 3 N–H and O–H groups in total. The SMILES string of the molecule is COc1ccc(C[C@H](N)C(=O)Nc2ccc(OC3CCN(C)CC3)cc2)cc1.Cl.Cl. The van der Waals surface area contributed by atoms with Gasteiger partial charge in [-0.15, -0.1) is 24.8 Å². The van der Waals surface area contributed by atoms with Crippen molar-refractivity contribution in [2.45, 2.75) is 31.4 Å². The topological polar surface area (TPSA) is 76.8 Å². The summed E-state index contributed by atoms with van der Waals surface area (Å²) in [5, 5.41) is 2.87. The molecule has 0 unspecified atom stereocenters. The number of amides is 1. The summed E-state index contributed by atoms with van der Waals surface area (Å²) in [5.74, 6) is 1.40. The Balaban J connectivity index is 0.00000225. The molecule has 0 aliphatic carbocycles. The lowest BCUT2D eigenvalue weighted by molar-refractivity contribution is -0.117. The first-order valence-electron chi connectivity index (χ1n) is 9.68. The number of benzene rings is 2. The first kappa shape index (κ1) is 26.0. The van der Waals surface area contributed by atoms with Gasteiger partial charge in [-0.1, -0.05) is 12.1 Å². The van der Waals surface area contributed by atoms with Crippen molar-refractivity contribution < 1.29 is 14.3 Å². The second-order valence-corrected chi connectivity index (χ2v) is 7.29. The van der Waals surface area contributed by atoms with Gasteiger partial charge in [0.2, 0.25) is 5.91 Å². The van der Waals surface area contributed by atoms with Crippen LogP contribution in [0.1, 0.15) is 18.4 Å². The normalized spacial score (nSPS) is 15.3. The fourth-order valence-corrected chi connectivity index (χ4v) is 3.26. The average Bonchev–Trinajstić information content (AvgIpc) is 2.71. The van der Waals surface area contributed by atoms with Gasteiger partial charge in [0.05, 0.1) is 13.2 Å². The van der Waals surface area contributed by atoms with E-state index in [4.69, 9.17) is 15.2 Å². The number of hydrogen-bond donors (Lipinski definition) is 2. The van der Waals surface area contributed by atoms with Crippen LogP contribution in [-0.4, -0.2) is 50.2 Å². The Morgan fingerprint density at radius 3 is 2.20 bits per heavy atom. The van der Waals surface area contributed by atoms with Gasteiger partial charge in [-0.3, -0.25) is 4.79 Å². The van der Waals surface area contributed by atoms with Crippen molar-refractivity contribution in [3.05, 3.63) is 54.1 Å². The van der Waals surface area contributed by atoms with E-state index < -0.39 is 6.04 Å². The highest BCUT2D eigenvalue weighted by Crippen LogP contribution is 2.21. The number of likely N-dealkylation sites (tertiary alicyclic amines) is 1. The van der Waals surface area contributed by atoms with Crippen LogP contribution in [-0.2, 0) is 11.2 Å². The maximum atomic E-state index is 12.4. The van der Waals surface area contributed by atoms with E-state index in [9.17, 15) is 4.79 Å². The van der Waals surface area contributed by atoms with Crippen molar-refractivity contribution >= 4 is 36.4 Å². The summed E-state index contributed by atoms with van der Waals surface area (Å²) >= 11 is 0. The molecule has 1 heterocycles. The molecule has 0 saturated carbocycles. The number of anilines is 1. The highest BCUT2D eigenvalue weighted by atomic mass is 35.5. The van der Waals surface area contributed by atoms with Crippen LogP contribution in [0.4, 0.5) is 5.69 Å². The van der Waals surface area contributed by atoms with Gasteiger partial charge in [0.25, 0.3) is 0 Å². The van der Waals surface area contributed by atoms with Gasteiger partial charge < -0.3 is 25.4 Å². The molecular weight excluding hydrogens is 425 g/mol. The molecule has 166 valence electrons. The zero-order chi connectivity index (χ0) is 19.9. The number of piperidine rings is 1. The maximum Gasteiger partial charge on any atom is 0.241 e. The molecule has 3 rings (SSSR count). The van der Waals surface area contributed by atoms with Crippen LogP contribution in [0.15, 0.2) is 48.5 Å². The summed E-state index contributed by atoms with van der Waals surface area (Å²) in [4.78, 5) is 14.7. The summed E-state index contributed by atoms with van der Waals surface area (Å²) in [5.41, 5.74) is 7.77. The van der Waals surface area contributed by atoms with Gasteiger partial charge in [0.1, 0.15) is 17.6 Å². The molecule has 2 aromatic carbocycles. The number of halogens is 2. The van der Waals surface area contributed by atoms with Gasteiger partial charge in [0.15, 0.2) is 0 Å². The number of carbonyl (C=O) groups excluding carboxylic acids is 1. The van der Waals surface area contributed by atoms with Crippen LogP contribution in [0.25, 0.3) is 0 Å². The van der Waals surface area contributed by atoms with Crippen LogP contribution >= 0.6 is 24.8 Å². The molecular formula is C22H31Cl2N3O3. The lowest BCUT2D eigenvalue weighted by Crippen LogP contribution is -2.37. The van der Waals surface area contributed by atoms with E-state index in [0.29, 0.717) is 12.1 Å². The van der Waals surface area contributed by atoms with Crippen LogP contribution in [0, 0.1) is 0 Å². The van der Waals surface area contributed by atoms with Crippen molar-refractivity contribution in [1.82, 2.24) is 4.90 Å². The molecule has 1 fully saturated rings. The Hall–Kier alpha value is -1.99. The van der Waals surface area contributed by atoms with E-state index in [1.165, 1.54) is 0 Å². The fourth-order valence-electron chi connectivity index (χ4n) is 3.26. The van der Waals surface area contributed by atoms with E-state index >= 15 is 0 Å². The number of hydrogen-bond acceptors (Lipinski definition) is 5. The lowest BCUT2D eigenvalue weighted by Gasteiger charge is -2.29. The third-order valence-corrected chi connectivity index (χ3v) is 5.04. The minimum atomic E-state index is -0.622. The molecule has 6 nitrogen and oxygen atoms in total. The first-order valence-corrected chi connectivity index (χ1v) is 9.68. The maximum absolute atomic E-state index is 12.4. The summed E-state index contributed by atoms with van der Waals surface area (Å²) < 4.78 is 11.2. The highest BCUT2D eigenvalue weighted by molar-refractivity contribution is 5.94. The number of nitrogens with one attached hydrogen (secondary N) is 1. The number of nitrogens with two attached hydrogens (primary N) is 1. The zero-order valence-electron chi connectivity index (χ0n) is 17.4. The van der Waals surface area contributed by atoms with E-state index in [1.807, 2.05) is 48.5 Å². The Morgan fingerprint density at radius 2 is 1.63 bits per heavy atom. The van der Waals surface area contributed by atoms with Gasteiger partial charge in [-0.2, -0.15) is 0 Å². The minimum absolute atomic E-state index is 0. The molecule has 0 aromatic heterocycles. The molecule has 1 saturated heterocycles. The quantitative estimate of drug-likeness (QED) is 0.667. The smallest absolute Gasteiger partial charge is 0.241 e. The van der Waals surface area contributed by atoms with Crippen LogP contribution in [0.5, 0.6) is 11.5 Å². The molecule has 8 heteroatoms. The number of nitrogens with zero attached hydrogens (tertiary/aromatic N) is 1. The minimum Gasteiger partial charge on any atom is -0.497 e. The molecule has 0 radical (unpaired) electrons. The van der Waals surface area contributed by atoms with E-state index in [1.54, 1.807) is 7.11 Å². The van der Waals surface area contributed by atoms with Crippen molar-refractivity contribution in [1.29, 1.82) is 0 Å². The third kappa shape index (κ3) is 7.69. The molecule has 2 aromatic rings. The van der Waals surface area contributed by atoms with Crippen molar-refractivity contribution in [3.8, 4) is 11.5 Å². The second-order valence-electron chi connectivity index (χ2n) is 7.29. The number of methoxy groups -OCH3 is 1. The van der Waals surface area contributed by atoms with Crippen molar-refractivity contribution in [2.75, 3.05) is 32.6 Å². The second kappa shape index (κ2) is 12.6. The summed E-state index contributed by atoms with van der Waals surface area (Å²) in [6.45, 7) is 2.12. The van der Waals surface area contributed by atoms with E-state index in [2.05, 4.69) is 17.3 Å². The van der Waals surface area contributed by atoms with E-state index in [0.717, 1.165) is 43.0 Å². The van der Waals surface area contributed by atoms with Crippen LogP contribution in [0.2, 0.25) is 0 Å². The predicted octanol–water partition coefficient (Wildman–Crippen LogP) is 3.52. The summed E-state index contributed by atoms with van der Waals surface area (Å²) in [6, 6.07) is 14.4. The first-order chi connectivity index (χ1) is 13.5. The number of carbonyl (C=O) groups is 1. The third-order valence-electron chi connectivity index (χ3n) is 5.04. The zero-order valence-corrected chi connectivity index (χ0v) is 19.0. The Morgan fingerprint density at radius 1 is 1.07 bits per heavy atom. The molecule has 0 bridgehead atoms. The fraction of sp³-hybridized carbons (Fsp3) is 0.409. The molecule has 1 atom stereocenters. The van der Waals surface area contributed by atoms with Gasteiger partial charge >= 0.3 is 0 Å². The molecule has 0 spiro atoms. The van der Waals surface area contributed by atoms with Gasteiger partial charge in [-0.25, -0.2) is 0 Å². The number of ether oxygens (including phenoxy) is 2. The van der Waals surface area contributed by atoms with Gasteiger partial charge in [0, 0.05) is 18.8 Å². The summed E-state index contributed by atoms with van der Waals surface area (Å²) in [7, 11) is 3.76. The Bertz CT molecular complexity index is 764. The van der Waals surface area contributed by atoms with Crippen LogP contribution < -0.4 is 20.5 Å². The molecule has 30 heavy (non-hydrogen) atoms. The monoisotopic (exact) mass is 455 g/mol. The molecule has 1 aliphatic rings. The highest BCUT2D eigenvalue weighted by Gasteiger charge is 2.18. The Kier molecular flexibility index (Phi) is 11.0. The summed E-state index contributed by atoms with van der Waals surface area (Å²) in [6.07, 6.45) is 2.80. The average molecular weight is 456 g/mol. The predicted molar refractivity (Wildman–Crippen MR) is 125 cm³/mol.